The van der Waals surface area contributed by atoms with E-state index in [4.69, 9.17) is 17.3 Å². The number of benzene rings is 1. The summed E-state index contributed by atoms with van der Waals surface area (Å²) in [4.78, 5) is 23.6. The smallest absolute Gasteiger partial charge is 0.324 e. The lowest BCUT2D eigenvalue weighted by molar-refractivity contribution is -0.145. The molecule has 2 fully saturated rings. The van der Waals surface area contributed by atoms with Crippen LogP contribution in [-0.4, -0.2) is 32.9 Å². The number of carbonyl (C=O) groups is 2. The van der Waals surface area contributed by atoms with Gasteiger partial charge in [-0.2, -0.15) is 0 Å². The molecule has 0 radical (unpaired) electrons. The number of fused-ring (bicyclic) bond motifs is 1. The Bertz CT molecular complexity index is 607. The maximum absolute atomic E-state index is 11.4. The Morgan fingerprint density at radius 1 is 1.29 bits per heavy atom. The first kappa shape index (κ1) is 14.7. The predicted molar refractivity (Wildman–Crippen MR) is 78.4 cm³/mol. The molecule has 1 aromatic carbocycles. The van der Waals surface area contributed by atoms with Crippen molar-refractivity contribution in [3.05, 3.63) is 29.3 Å². The highest BCUT2D eigenvalue weighted by Gasteiger charge is 2.73. The molecule has 7 heteroatoms. The number of thioether (sulfide) groups is 1. The minimum Gasteiger partial charge on any atom is -0.481 e. The summed E-state index contributed by atoms with van der Waals surface area (Å²) in [6.45, 7) is 0. The molecule has 2 aliphatic rings. The van der Waals surface area contributed by atoms with Crippen molar-refractivity contribution < 1.29 is 19.8 Å². The zero-order valence-corrected chi connectivity index (χ0v) is 12.5. The van der Waals surface area contributed by atoms with Crippen molar-refractivity contribution in [1.29, 1.82) is 0 Å². The van der Waals surface area contributed by atoms with Crippen molar-refractivity contribution in [1.82, 2.24) is 0 Å². The van der Waals surface area contributed by atoms with Crippen LogP contribution in [0, 0.1) is 17.8 Å². The van der Waals surface area contributed by atoms with Gasteiger partial charge in [0.05, 0.1) is 5.92 Å². The lowest BCUT2D eigenvalue weighted by Gasteiger charge is -2.24. The fourth-order valence-corrected chi connectivity index (χ4v) is 5.05. The normalized spacial score (nSPS) is 37.0. The summed E-state index contributed by atoms with van der Waals surface area (Å²) in [6.07, 6.45) is 0.286. The highest BCUT2D eigenvalue weighted by Crippen LogP contribution is 2.65. The van der Waals surface area contributed by atoms with Crippen LogP contribution >= 0.6 is 23.4 Å². The van der Waals surface area contributed by atoms with Crippen molar-refractivity contribution in [3.8, 4) is 0 Å². The molecular formula is C14H14ClNO4S. The van der Waals surface area contributed by atoms with Gasteiger partial charge < -0.3 is 15.9 Å². The van der Waals surface area contributed by atoms with Gasteiger partial charge in [-0.1, -0.05) is 11.6 Å². The quantitative estimate of drug-likeness (QED) is 0.781. The van der Waals surface area contributed by atoms with Crippen molar-refractivity contribution >= 4 is 35.3 Å². The second-order valence-electron chi connectivity index (χ2n) is 5.63. The Morgan fingerprint density at radius 3 is 2.43 bits per heavy atom. The molecule has 4 N–H and O–H groups in total. The molecule has 2 saturated carbocycles. The average Bonchev–Trinajstić information content (AvgIpc) is 3.10. The monoisotopic (exact) mass is 327 g/mol. The molecule has 1 aromatic rings. The summed E-state index contributed by atoms with van der Waals surface area (Å²) in [6, 6.07) is 7.20. The lowest BCUT2D eigenvalue weighted by atomic mass is 9.91. The van der Waals surface area contributed by atoms with E-state index in [-0.39, 0.29) is 17.6 Å². The number of halogens is 1. The third kappa shape index (κ3) is 2.31. The van der Waals surface area contributed by atoms with Gasteiger partial charge in [0.1, 0.15) is 5.54 Å². The molecule has 0 spiro atoms. The van der Waals surface area contributed by atoms with Crippen LogP contribution in [0.3, 0.4) is 0 Å². The molecule has 5 nitrogen and oxygen atoms in total. The van der Waals surface area contributed by atoms with Crippen LogP contribution in [0.25, 0.3) is 0 Å². The van der Waals surface area contributed by atoms with E-state index in [0.29, 0.717) is 5.02 Å². The van der Waals surface area contributed by atoms with Crippen LogP contribution in [0.1, 0.15) is 6.42 Å². The number of rotatable bonds is 4. The fourth-order valence-electron chi connectivity index (χ4n) is 3.42. The topological polar surface area (TPSA) is 101 Å². The molecule has 0 heterocycles. The number of hydrogen-bond donors (Lipinski definition) is 3. The van der Waals surface area contributed by atoms with Gasteiger partial charge in [-0.05, 0) is 36.6 Å². The van der Waals surface area contributed by atoms with Crippen LogP contribution in [-0.2, 0) is 9.59 Å². The van der Waals surface area contributed by atoms with Gasteiger partial charge in [-0.3, -0.25) is 9.59 Å². The van der Waals surface area contributed by atoms with Crippen LogP contribution in [0.15, 0.2) is 29.2 Å². The Hall–Kier alpha value is -1.24. The molecule has 0 amide bonds. The number of carboxylic acids is 2. The zero-order chi connectivity index (χ0) is 15.4. The largest absolute Gasteiger partial charge is 0.481 e. The van der Waals surface area contributed by atoms with Gasteiger partial charge in [0, 0.05) is 21.1 Å². The number of carboxylic acid groups (broad SMARTS) is 2. The molecule has 5 atom stereocenters. The van der Waals surface area contributed by atoms with E-state index in [1.54, 1.807) is 12.1 Å². The minimum atomic E-state index is -1.43. The maximum Gasteiger partial charge on any atom is 0.324 e. The van der Waals surface area contributed by atoms with Crippen molar-refractivity contribution in [3.63, 3.8) is 0 Å². The number of nitrogens with two attached hydrogens (primary N) is 1. The summed E-state index contributed by atoms with van der Waals surface area (Å²) in [5.41, 5.74) is 4.55. The first-order valence-corrected chi connectivity index (χ1v) is 7.77. The molecule has 0 bridgehead atoms. The summed E-state index contributed by atoms with van der Waals surface area (Å²) < 4.78 is 0. The second-order valence-corrected chi connectivity index (χ2v) is 7.38. The summed E-state index contributed by atoms with van der Waals surface area (Å²) in [5, 5.41) is 19.1. The SMILES string of the molecule is NC1(C(=O)O)CC(Sc2ccc(Cl)cc2)C2C(C(=O)O)C21. The Kier molecular flexibility index (Phi) is 3.43. The number of aliphatic carboxylic acids is 2. The summed E-state index contributed by atoms with van der Waals surface area (Å²) >= 11 is 7.32. The summed E-state index contributed by atoms with van der Waals surface area (Å²) in [5.74, 6) is -3.37. The van der Waals surface area contributed by atoms with Gasteiger partial charge in [0.15, 0.2) is 0 Å². The van der Waals surface area contributed by atoms with Crippen LogP contribution in [0.5, 0.6) is 0 Å². The predicted octanol–water partition coefficient (Wildman–Crippen LogP) is 1.93. The zero-order valence-electron chi connectivity index (χ0n) is 10.9. The third-order valence-corrected chi connectivity index (χ3v) is 6.00. The van der Waals surface area contributed by atoms with E-state index in [1.807, 2.05) is 12.1 Å². The van der Waals surface area contributed by atoms with Crippen LogP contribution in [0.2, 0.25) is 5.02 Å². The average molecular weight is 328 g/mol. The summed E-state index contributed by atoms with van der Waals surface area (Å²) in [7, 11) is 0. The first-order valence-electron chi connectivity index (χ1n) is 6.52. The maximum atomic E-state index is 11.4. The molecular weight excluding hydrogens is 314 g/mol. The van der Waals surface area contributed by atoms with E-state index in [0.717, 1.165) is 4.90 Å². The lowest BCUT2D eigenvalue weighted by Crippen LogP contribution is -2.50. The molecule has 5 unspecified atom stereocenters. The highest BCUT2D eigenvalue weighted by molar-refractivity contribution is 8.00. The molecule has 21 heavy (non-hydrogen) atoms. The molecule has 0 aliphatic heterocycles. The van der Waals surface area contributed by atoms with Crippen molar-refractivity contribution in [2.45, 2.75) is 22.1 Å². The van der Waals surface area contributed by atoms with Crippen LogP contribution in [0.4, 0.5) is 0 Å². The van der Waals surface area contributed by atoms with Gasteiger partial charge in [-0.15, -0.1) is 11.8 Å². The minimum absolute atomic E-state index is 0.0987. The molecule has 2 aliphatic carbocycles. The van der Waals surface area contributed by atoms with E-state index >= 15 is 0 Å². The Labute approximate surface area is 130 Å². The van der Waals surface area contributed by atoms with Crippen LogP contribution < -0.4 is 5.73 Å². The van der Waals surface area contributed by atoms with Gasteiger partial charge in [0.25, 0.3) is 0 Å². The first-order chi connectivity index (χ1) is 9.84. The Morgan fingerprint density at radius 2 is 1.90 bits per heavy atom. The highest BCUT2D eigenvalue weighted by atomic mass is 35.5. The number of hydrogen-bond acceptors (Lipinski definition) is 4. The molecule has 112 valence electrons. The van der Waals surface area contributed by atoms with E-state index in [1.165, 1.54) is 11.8 Å². The van der Waals surface area contributed by atoms with E-state index < -0.39 is 29.3 Å². The van der Waals surface area contributed by atoms with Gasteiger partial charge in [-0.25, -0.2) is 0 Å². The van der Waals surface area contributed by atoms with Gasteiger partial charge >= 0.3 is 11.9 Å². The van der Waals surface area contributed by atoms with E-state index in [9.17, 15) is 19.8 Å². The third-order valence-electron chi connectivity index (χ3n) is 4.42. The second kappa shape index (κ2) is 4.90. The molecule has 3 rings (SSSR count). The fraction of sp³-hybridized carbons (Fsp3) is 0.429. The standard InChI is InChI=1S/C14H14ClNO4S/c15-6-1-3-7(4-2-6)21-8-5-14(16,13(19)20)11-9(8)10(11)12(17)18/h1-4,8-11H,5,16H2,(H,17,18)(H,19,20). The van der Waals surface area contributed by atoms with E-state index in [2.05, 4.69) is 0 Å². The van der Waals surface area contributed by atoms with Crippen molar-refractivity contribution in [2.75, 3.05) is 0 Å². The van der Waals surface area contributed by atoms with Crippen molar-refractivity contribution in [2.24, 2.45) is 23.5 Å². The molecule has 0 saturated heterocycles. The molecule has 0 aromatic heterocycles. The Balaban J connectivity index is 1.82. The van der Waals surface area contributed by atoms with Gasteiger partial charge in [0.2, 0.25) is 0 Å².